The van der Waals surface area contributed by atoms with Crippen molar-refractivity contribution in [2.75, 3.05) is 11.4 Å². The van der Waals surface area contributed by atoms with E-state index in [1.54, 1.807) is 18.2 Å². The normalized spacial score (nSPS) is 16.4. The number of thioether (sulfide) groups is 1. The third-order valence-corrected chi connectivity index (χ3v) is 5.77. The highest BCUT2D eigenvalue weighted by Crippen LogP contribution is 2.42. The average Bonchev–Trinajstić information content (AvgIpc) is 2.70. The predicted molar refractivity (Wildman–Crippen MR) is 112 cm³/mol. The van der Waals surface area contributed by atoms with Gasteiger partial charge in [-0.25, -0.2) is 0 Å². The van der Waals surface area contributed by atoms with Gasteiger partial charge in [-0.2, -0.15) is 13.2 Å². The smallest absolute Gasteiger partial charge is 0.352 e. The number of hydrogen-bond acceptors (Lipinski definition) is 3. The minimum Gasteiger partial charge on any atom is -0.352 e. The number of fused-ring (bicyclic) bond motifs is 1. The first-order valence-electron chi connectivity index (χ1n) is 9.46. The van der Waals surface area contributed by atoms with E-state index in [1.165, 1.54) is 28.8 Å². The van der Waals surface area contributed by atoms with Crippen LogP contribution in [0.1, 0.15) is 31.4 Å². The highest BCUT2D eigenvalue weighted by Gasteiger charge is 2.31. The number of carbonyl (C=O) groups excluding carboxylic acids is 2. The van der Waals surface area contributed by atoms with Gasteiger partial charge in [-0.3, -0.25) is 14.5 Å². The standard InChI is InChI=1S/C22H21F3N2O2S/c1-3-14(2)26-20(28)13-27-17-6-4-5-7-18(17)30-19(21(27)29)12-15-8-10-16(11-9-15)22(23,24)25/h4-12,14H,3,13H2,1-2H3,(H,26,28)/b19-12+. The molecule has 1 aliphatic rings. The molecule has 8 heteroatoms. The van der Waals surface area contributed by atoms with Crippen LogP contribution in [0.5, 0.6) is 0 Å². The van der Waals surface area contributed by atoms with E-state index in [1.807, 2.05) is 26.0 Å². The number of benzene rings is 2. The van der Waals surface area contributed by atoms with Crippen LogP contribution in [-0.4, -0.2) is 24.4 Å². The average molecular weight is 434 g/mol. The van der Waals surface area contributed by atoms with Crippen LogP contribution in [0, 0.1) is 0 Å². The van der Waals surface area contributed by atoms with Gasteiger partial charge in [0.15, 0.2) is 0 Å². The number of rotatable bonds is 5. The Hall–Kier alpha value is -2.74. The number of para-hydroxylation sites is 1. The summed E-state index contributed by atoms with van der Waals surface area (Å²) >= 11 is 1.23. The molecule has 0 fully saturated rings. The van der Waals surface area contributed by atoms with Crippen LogP contribution in [0.3, 0.4) is 0 Å². The molecular formula is C22H21F3N2O2S. The number of alkyl halides is 3. The Morgan fingerprint density at radius 3 is 2.47 bits per heavy atom. The van der Waals surface area contributed by atoms with Gasteiger partial charge in [-0.15, -0.1) is 0 Å². The Morgan fingerprint density at radius 2 is 1.83 bits per heavy atom. The summed E-state index contributed by atoms with van der Waals surface area (Å²) in [6.07, 6.45) is -2.10. The maximum atomic E-state index is 13.1. The van der Waals surface area contributed by atoms with Crippen LogP contribution in [-0.2, 0) is 15.8 Å². The molecule has 0 saturated carbocycles. The van der Waals surface area contributed by atoms with Crippen molar-refractivity contribution in [3.63, 3.8) is 0 Å². The lowest BCUT2D eigenvalue weighted by Crippen LogP contribution is -2.44. The molecule has 2 aromatic rings. The van der Waals surface area contributed by atoms with Gasteiger partial charge in [-0.05, 0) is 49.2 Å². The summed E-state index contributed by atoms with van der Waals surface area (Å²) in [5, 5.41) is 2.85. The summed E-state index contributed by atoms with van der Waals surface area (Å²) < 4.78 is 38.3. The molecule has 158 valence electrons. The van der Waals surface area contributed by atoms with Crippen LogP contribution < -0.4 is 10.2 Å². The van der Waals surface area contributed by atoms with Crippen LogP contribution in [0.4, 0.5) is 18.9 Å². The zero-order valence-corrected chi connectivity index (χ0v) is 17.3. The Labute approximate surface area is 177 Å². The minimum absolute atomic E-state index is 0.0100. The van der Waals surface area contributed by atoms with Crippen LogP contribution in [0.15, 0.2) is 58.3 Å². The van der Waals surface area contributed by atoms with Gasteiger partial charge in [-0.1, -0.05) is 43.0 Å². The maximum Gasteiger partial charge on any atom is 0.416 e. The highest BCUT2D eigenvalue weighted by molar-refractivity contribution is 8.04. The maximum absolute atomic E-state index is 13.1. The van der Waals surface area contributed by atoms with E-state index >= 15 is 0 Å². The molecule has 2 aromatic carbocycles. The molecular weight excluding hydrogens is 413 g/mol. The lowest BCUT2D eigenvalue weighted by molar-refractivity contribution is -0.137. The van der Waals surface area contributed by atoms with Crippen molar-refractivity contribution in [1.29, 1.82) is 0 Å². The number of nitrogens with zero attached hydrogens (tertiary/aromatic N) is 1. The first-order chi connectivity index (χ1) is 14.2. The molecule has 0 bridgehead atoms. The van der Waals surface area contributed by atoms with Crippen LogP contribution in [0.2, 0.25) is 0 Å². The van der Waals surface area contributed by atoms with Gasteiger partial charge in [0.1, 0.15) is 6.54 Å². The zero-order chi connectivity index (χ0) is 21.9. The third kappa shape index (κ3) is 5.05. The molecule has 4 nitrogen and oxygen atoms in total. The summed E-state index contributed by atoms with van der Waals surface area (Å²) in [7, 11) is 0. The lowest BCUT2D eigenvalue weighted by atomic mass is 10.1. The predicted octanol–water partition coefficient (Wildman–Crippen LogP) is 5.10. The Bertz CT molecular complexity index is 971. The van der Waals surface area contributed by atoms with Crippen LogP contribution >= 0.6 is 11.8 Å². The van der Waals surface area contributed by atoms with Crippen molar-refractivity contribution < 1.29 is 22.8 Å². The molecule has 0 spiro atoms. The number of carbonyl (C=O) groups is 2. The third-order valence-electron chi connectivity index (χ3n) is 4.69. The molecule has 1 N–H and O–H groups in total. The van der Waals surface area contributed by atoms with Gasteiger partial charge in [0.2, 0.25) is 5.91 Å². The van der Waals surface area contributed by atoms with Gasteiger partial charge in [0.25, 0.3) is 5.91 Å². The van der Waals surface area contributed by atoms with E-state index in [0.717, 1.165) is 23.4 Å². The van der Waals surface area contributed by atoms with E-state index in [-0.39, 0.29) is 24.4 Å². The molecule has 1 atom stereocenters. The first-order valence-corrected chi connectivity index (χ1v) is 10.3. The van der Waals surface area contributed by atoms with Crippen molar-refractivity contribution >= 4 is 35.3 Å². The number of amides is 2. The summed E-state index contributed by atoms with van der Waals surface area (Å²) in [5.41, 5.74) is 0.361. The summed E-state index contributed by atoms with van der Waals surface area (Å²) in [6.45, 7) is 3.70. The first kappa shape index (κ1) is 22.0. The summed E-state index contributed by atoms with van der Waals surface area (Å²) in [6, 6.07) is 11.8. The molecule has 1 unspecified atom stereocenters. The molecule has 0 radical (unpaired) electrons. The molecule has 0 aromatic heterocycles. The Morgan fingerprint density at radius 1 is 1.17 bits per heavy atom. The van der Waals surface area contributed by atoms with Crippen molar-refractivity contribution in [2.45, 2.75) is 37.4 Å². The number of hydrogen-bond donors (Lipinski definition) is 1. The fourth-order valence-electron chi connectivity index (χ4n) is 2.91. The van der Waals surface area contributed by atoms with Crippen molar-refractivity contribution in [3.05, 3.63) is 64.6 Å². The summed E-state index contributed by atoms with van der Waals surface area (Å²) in [5.74, 6) is -0.633. The van der Waals surface area contributed by atoms with Gasteiger partial charge in [0, 0.05) is 10.9 Å². The highest BCUT2D eigenvalue weighted by atomic mass is 32.2. The van der Waals surface area contributed by atoms with E-state index < -0.39 is 11.7 Å². The lowest BCUT2D eigenvalue weighted by Gasteiger charge is -2.30. The second-order valence-corrected chi connectivity index (χ2v) is 8.05. The fourth-order valence-corrected chi connectivity index (χ4v) is 3.96. The zero-order valence-electron chi connectivity index (χ0n) is 16.5. The second kappa shape index (κ2) is 8.95. The summed E-state index contributed by atoms with van der Waals surface area (Å²) in [4.78, 5) is 28.0. The van der Waals surface area contributed by atoms with E-state index in [2.05, 4.69) is 5.32 Å². The monoisotopic (exact) mass is 434 g/mol. The number of nitrogens with one attached hydrogen (secondary N) is 1. The van der Waals surface area contributed by atoms with Crippen molar-refractivity contribution in [1.82, 2.24) is 5.32 Å². The molecule has 1 heterocycles. The quantitative estimate of drug-likeness (QED) is 0.666. The van der Waals surface area contributed by atoms with Crippen molar-refractivity contribution in [3.8, 4) is 0 Å². The molecule has 0 aliphatic carbocycles. The van der Waals surface area contributed by atoms with Gasteiger partial charge < -0.3 is 5.32 Å². The van der Waals surface area contributed by atoms with Gasteiger partial charge >= 0.3 is 6.18 Å². The molecule has 2 amide bonds. The molecule has 1 aliphatic heterocycles. The SMILES string of the molecule is CCC(C)NC(=O)CN1C(=O)/C(=C\c2ccc(C(F)(F)F)cc2)Sc2ccccc21. The Balaban J connectivity index is 1.89. The number of halogens is 3. The molecule has 30 heavy (non-hydrogen) atoms. The van der Waals surface area contributed by atoms with Crippen LogP contribution in [0.25, 0.3) is 6.08 Å². The largest absolute Gasteiger partial charge is 0.416 e. The van der Waals surface area contributed by atoms with Gasteiger partial charge in [0.05, 0.1) is 16.2 Å². The van der Waals surface area contributed by atoms with E-state index in [0.29, 0.717) is 16.2 Å². The Kier molecular flexibility index (Phi) is 6.55. The van der Waals surface area contributed by atoms with Crippen molar-refractivity contribution in [2.24, 2.45) is 0 Å². The number of anilines is 1. The van der Waals surface area contributed by atoms with E-state index in [9.17, 15) is 22.8 Å². The topological polar surface area (TPSA) is 49.4 Å². The fraction of sp³-hybridized carbons (Fsp3) is 0.273. The minimum atomic E-state index is -4.42. The molecule has 3 rings (SSSR count). The van der Waals surface area contributed by atoms with E-state index in [4.69, 9.17) is 0 Å². The second-order valence-electron chi connectivity index (χ2n) is 6.97. The molecule has 0 saturated heterocycles.